The number of ether oxygens (including phenoxy) is 1. The fourth-order valence-corrected chi connectivity index (χ4v) is 6.93. The van der Waals surface area contributed by atoms with Crippen LogP contribution in [-0.2, 0) is 43.7 Å². The van der Waals surface area contributed by atoms with Crippen molar-refractivity contribution in [3.05, 3.63) is 101 Å². The number of hydrogen-bond acceptors (Lipinski definition) is 5. The Morgan fingerprint density at radius 2 is 1.59 bits per heavy atom. The summed E-state index contributed by atoms with van der Waals surface area (Å²) in [7, 11) is -3.51. The average Bonchev–Trinajstić information content (AvgIpc) is 3.59. The van der Waals surface area contributed by atoms with Gasteiger partial charge in [0, 0.05) is 57.3 Å². The molecule has 0 radical (unpaired) electrons. The van der Waals surface area contributed by atoms with Crippen LogP contribution in [-0.4, -0.2) is 68.3 Å². The van der Waals surface area contributed by atoms with Crippen molar-refractivity contribution in [2.24, 2.45) is 0 Å². The van der Waals surface area contributed by atoms with Gasteiger partial charge in [-0.1, -0.05) is 66.2 Å². The molecule has 4 rings (SSSR count). The lowest BCUT2D eigenvalue weighted by atomic mass is 10.0. The average molecular weight is 640 g/mol. The largest absolute Gasteiger partial charge is 0.382 e. The minimum absolute atomic E-state index is 0.161. The first kappa shape index (κ1) is 33.6. The molecule has 1 aliphatic rings. The third kappa shape index (κ3) is 9.63. The number of carbonyl (C=O) groups excluding carboxylic acids is 2. The van der Waals surface area contributed by atoms with Gasteiger partial charge in [0.15, 0.2) is 0 Å². The number of benzene rings is 3. The fraction of sp³-hybridized carbons (Fsp3) is 0.412. The molecule has 0 saturated carbocycles. The number of rotatable bonds is 16. The Kier molecular flexibility index (Phi) is 12.8. The van der Waals surface area contributed by atoms with Crippen LogP contribution in [0.3, 0.4) is 0 Å². The standard InChI is InChI=1S/C34H42ClN3O5S/c1-2-43-24-8-21-36-34(40)32(25-28-9-4-3-5-10-28)38(26-29-11-16-30(35)17-12-29)33(39)20-15-27-13-18-31(19-14-27)44(41,42)37-22-6-7-23-37/h3-5,9-14,16-19,32H,2,6-8,15,20-26H2,1H3,(H,36,40). The van der Waals surface area contributed by atoms with E-state index in [1.165, 1.54) is 4.31 Å². The molecule has 2 amide bonds. The Bertz CT molecular complexity index is 1440. The molecule has 1 heterocycles. The van der Waals surface area contributed by atoms with Crippen molar-refractivity contribution >= 4 is 33.4 Å². The van der Waals surface area contributed by atoms with E-state index in [1.54, 1.807) is 41.3 Å². The van der Waals surface area contributed by atoms with E-state index in [0.717, 1.165) is 29.5 Å². The summed E-state index contributed by atoms with van der Waals surface area (Å²) in [6.07, 6.45) is 3.36. The second-order valence-electron chi connectivity index (χ2n) is 11.0. The van der Waals surface area contributed by atoms with Gasteiger partial charge in [-0.3, -0.25) is 9.59 Å². The minimum atomic E-state index is -3.51. The molecule has 1 saturated heterocycles. The molecule has 44 heavy (non-hydrogen) atoms. The molecule has 236 valence electrons. The molecule has 1 atom stereocenters. The number of hydrogen-bond donors (Lipinski definition) is 1. The Morgan fingerprint density at radius 3 is 2.25 bits per heavy atom. The zero-order chi connectivity index (χ0) is 31.4. The van der Waals surface area contributed by atoms with Crippen molar-refractivity contribution in [2.45, 2.75) is 62.9 Å². The normalized spacial score (nSPS) is 14.3. The third-order valence-electron chi connectivity index (χ3n) is 7.76. The van der Waals surface area contributed by atoms with E-state index in [4.69, 9.17) is 16.3 Å². The minimum Gasteiger partial charge on any atom is -0.382 e. The van der Waals surface area contributed by atoms with Crippen molar-refractivity contribution < 1.29 is 22.7 Å². The molecule has 1 N–H and O–H groups in total. The van der Waals surface area contributed by atoms with Crippen molar-refractivity contribution in [2.75, 3.05) is 32.8 Å². The van der Waals surface area contributed by atoms with Gasteiger partial charge in [0.1, 0.15) is 6.04 Å². The lowest BCUT2D eigenvalue weighted by Crippen LogP contribution is -2.50. The molecular formula is C34H42ClN3O5S. The molecule has 0 bridgehead atoms. The maximum Gasteiger partial charge on any atom is 0.243 e. The third-order valence-corrected chi connectivity index (χ3v) is 9.92. The summed E-state index contributed by atoms with van der Waals surface area (Å²) in [5.74, 6) is -0.386. The zero-order valence-electron chi connectivity index (χ0n) is 25.3. The summed E-state index contributed by atoms with van der Waals surface area (Å²) in [5, 5.41) is 3.61. The first-order valence-electron chi connectivity index (χ1n) is 15.3. The van der Waals surface area contributed by atoms with E-state index in [1.807, 2.05) is 49.4 Å². The van der Waals surface area contributed by atoms with Gasteiger partial charge in [0.25, 0.3) is 0 Å². The summed E-state index contributed by atoms with van der Waals surface area (Å²) in [6, 6.07) is 23.0. The molecule has 1 aliphatic heterocycles. The molecule has 1 unspecified atom stereocenters. The first-order valence-corrected chi connectivity index (χ1v) is 17.1. The Labute approximate surface area is 266 Å². The maximum atomic E-state index is 13.9. The monoisotopic (exact) mass is 639 g/mol. The number of amides is 2. The molecule has 0 aliphatic carbocycles. The van der Waals surface area contributed by atoms with Gasteiger partial charge in [0.05, 0.1) is 4.90 Å². The van der Waals surface area contributed by atoms with E-state index in [-0.39, 0.29) is 29.7 Å². The Balaban J connectivity index is 1.52. The summed E-state index contributed by atoms with van der Waals surface area (Å²) >= 11 is 6.12. The van der Waals surface area contributed by atoms with E-state index >= 15 is 0 Å². The van der Waals surface area contributed by atoms with E-state index in [0.29, 0.717) is 57.1 Å². The number of carbonyl (C=O) groups is 2. The van der Waals surface area contributed by atoms with E-state index in [2.05, 4.69) is 5.32 Å². The molecular weight excluding hydrogens is 598 g/mol. The maximum absolute atomic E-state index is 13.9. The lowest BCUT2D eigenvalue weighted by molar-refractivity contribution is -0.141. The van der Waals surface area contributed by atoms with Crippen LogP contribution in [0.5, 0.6) is 0 Å². The summed E-state index contributed by atoms with van der Waals surface area (Å²) in [5.41, 5.74) is 2.66. The number of sulfonamides is 1. The molecule has 0 spiro atoms. The molecule has 10 heteroatoms. The van der Waals surface area contributed by atoms with Crippen molar-refractivity contribution in [3.8, 4) is 0 Å². The molecule has 1 fully saturated rings. The molecule has 0 aromatic heterocycles. The summed E-state index contributed by atoms with van der Waals surface area (Å²) in [6.45, 7) is 4.88. The van der Waals surface area contributed by atoms with E-state index in [9.17, 15) is 18.0 Å². The van der Waals surface area contributed by atoms with Crippen LogP contribution in [0.4, 0.5) is 0 Å². The highest BCUT2D eigenvalue weighted by Gasteiger charge is 2.30. The van der Waals surface area contributed by atoms with Crippen LogP contribution in [0.25, 0.3) is 0 Å². The van der Waals surface area contributed by atoms with Gasteiger partial charge in [-0.25, -0.2) is 8.42 Å². The number of aryl methyl sites for hydroxylation is 1. The van der Waals surface area contributed by atoms with Gasteiger partial charge < -0.3 is 15.0 Å². The Hall–Kier alpha value is -3.24. The predicted molar refractivity (Wildman–Crippen MR) is 173 cm³/mol. The van der Waals surface area contributed by atoms with Crippen LogP contribution in [0.2, 0.25) is 5.02 Å². The van der Waals surface area contributed by atoms with Gasteiger partial charge in [0.2, 0.25) is 21.8 Å². The van der Waals surface area contributed by atoms with Gasteiger partial charge in [-0.2, -0.15) is 4.31 Å². The first-order chi connectivity index (χ1) is 21.3. The number of nitrogens with zero attached hydrogens (tertiary/aromatic N) is 2. The smallest absolute Gasteiger partial charge is 0.243 e. The number of halogens is 1. The second-order valence-corrected chi connectivity index (χ2v) is 13.3. The summed E-state index contributed by atoms with van der Waals surface area (Å²) < 4.78 is 32.8. The van der Waals surface area contributed by atoms with Crippen LogP contribution < -0.4 is 5.32 Å². The molecule has 3 aromatic carbocycles. The molecule has 3 aromatic rings. The van der Waals surface area contributed by atoms with Gasteiger partial charge >= 0.3 is 0 Å². The quantitative estimate of drug-likeness (QED) is 0.216. The topological polar surface area (TPSA) is 96.0 Å². The highest BCUT2D eigenvalue weighted by atomic mass is 35.5. The fourth-order valence-electron chi connectivity index (χ4n) is 5.29. The van der Waals surface area contributed by atoms with Crippen molar-refractivity contribution in [3.63, 3.8) is 0 Å². The molecule has 8 nitrogen and oxygen atoms in total. The van der Waals surface area contributed by atoms with Gasteiger partial charge in [-0.05, 0) is 73.6 Å². The van der Waals surface area contributed by atoms with Gasteiger partial charge in [-0.15, -0.1) is 0 Å². The number of nitrogens with one attached hydrogen (secondary N) is 1. The van der Waals surface area contributed by atoms with E-state index < -0.39 is 16.1 Å². The Morgan fingerprint density at radius 1 is 0.932 bits per heavy atom. The van der Waals surface area contributed by atoms with Crippen molar-refractivity contribution in [1.29, 1.82) is 0 Å². The summed E-state index contributed by atoms with van der Waals surface area (Å²) in [4.78, 5) is 29.5. The predicted octanol–water partition coefficient (Wildman–Crippen LogP) is 5.24. The zero-order valence-corrected chi connectivity index (χ0v) is 26.9. The lowest BCUT2D eigenvalue weighted by Gasteiger charge is -2.32. The highest BCUT2D eigenvalue weighted by molar-refractivity contribution is 7.89. The SMILES string of the molecule is CCOCCCNC(=O)C(Cc1ccccc1)N(Cc1ccc(Cl)cc1)C(=O)CCc1ccc(S(=O)(=O)N2CCCC2)cc1. The van der Waals surface area contributed by atoms with Crippen LogP contribution in [0, 0.1) is 0 Å². The van der Waals surface area contributed by atoms with Crippen LogP contribution >= 0.6 is 11.6 Å². The highest BCUT2D eigenvalue weighted by Crippen LogP contribution is 2.22. The van der Waals surface area contributed by atoms with Crippen LogP contribution in [0.15, 0.2) is 83.8 Å². The van der Waals surface area contributed by atoms with Crippen molar-refractivity contribution in [1.82, 2.24) is 14.5 Å². The van der Waals surface area contributed by atoms with Crippen LogP contribution in [0.1, 0.15) is 49.3 Å². The second kappa shape index (κ2) is 16.7.